The van der Waals surface area contributed by atoms with Gasteiger partial charge in [0.25, 0.3) is 0 Å². The number of aryl methyl sites for hydroxylation is 2. The third kappa shape index (κ3) is 15.8. The fourth-order valence-electron chi connectivity index (χ4n) is 6.77. The predicted molar refractivity (Wildman–Crippen MR) is 316 cm³/mol. The molecule has 7 aromatic heterocycles. The van der Waals surface area contributed by atoms with E-state index >= 15 is 0 Å². The molecule has 7 rings (SSSR count). The lowest BCUT2D eigenvalue weighted by atomic mass is 9.95. The number of pyridine rings is 1. The Morgan fingerprint density at radius 1 is 0.644 bits per heavy atom. The van der Waals surface area contributed by atoms with Gasteiger partial charge in [0.15, 0.2) is 17.5 Å². The van der Waals surface area contributed by atoms with Gasteiger partial charge in [-0.05, 0) is 107 Å². The Labute approximate surface area is 443 Å². The van der Waals surface area contributed by atoms with Gasteiger partial charge >= 0.3 is 0 Å². The minimum atomic E-state index is 0.0347. The van der Waals surface area contributed by atoms with Crippen molar-refractivity contribution < 1.29 is 0 Å². The molecular formula is C55H75N15S3. The van der Waals surface area contributed by atoms with Crippen LogP contribution in [0.5, 0.6) is 0 Å². The molecule has 0 spiro atoms. The molecular weight excluding hydrogens is 967 g/mol. The van der Waals surface area contributed by atoms with Crippen LogP contribution in [0.1, 0.15) is 101 Å². The average Bonchev–Trinajstić information content (AvgIpc) is 4.08. The molecule has 1 unspecified atom stereocenters. The van der Waals surface area contributed by atoms with Crippen LogP contribution < -0.4 is 44.6 Å². The number of nitrogens with zero attached hydrogens (tertiary/aromatic N) is 7. The summed E-state index contributed by atoms with van der Waals surface area (Å²) in [5.74, 6) is 4.49. The third-order valence-electron chi connectivity index (χ3n) is 10.8. The van der Waals surface area contributed by atoms with E-state index in [1.165, 1.54) is 32.6 Å². The maximum atomic E-state index is 5.92. The first-order valence-corrected chi connectivity index (χ1v) is 26.9. The first-order chi connectivity index (χ1) is 34.7. The van der Waals surface area contributed by atoms with E-state index in [1.54, 1.807) is 46.4 Å². The summed E-state index contributed by atoms with van der Waals surface area (Å²) in [6.07, 6.45) is 21.9. The van der Waals surface area contributed by atoms with Crippen molar-refractivity contribution in [3.8, 4) is 11.4 Å². The monoisotopic (exact) mass is 1040 g/mol. The predicted octanol–water partition coefficient (Wildman–Crippen LogP) is 11.1. The molecule has 18 heteroatoms. The summed E-state index contributed by atoms with van der Waals surface area (Å²) in [5.41, 5.74) is 35.6. The van der Waals surface area contributed by atoms with Crippen molar-refractivity contribution in [1.82, 2.24) is 34.9 Å². The van der Waals surface area contributed by atoms with E-state index in [4.69, 9.17) is 53.6 Å². The molecule has 0 aliphatic rings. The van der Waals surface area contributed by atoms with Gasteiger partial charge in [-0.1, -0.05) is 78.0 Å². The van der Waals surface area contributed by atoms with Crippen molar-refractivity contribution in [2.24, 2.45) is 28.7 Å². The fourth-order valence-corrected chi connectivity index (χ4v) is 10.1. The van der Waals surface area contributed by atoms with Crippen LogP contribution in [0.3, 0.4) is 0 Å². The first-order valence-electron chi connectivity index (χ1n) is 24.4. The van der Waals surface area contributed by atoms with Gasteiger partial charge in [-0.15, -0.1) is 34.0 Å². The quantitative estimate of drug-likeness (QED) is 0.0419. The second-order valence-electron chi connectivity index (χ2n) is 19.5. The number of anilines is 3. The molecule has 7 aromatic rings. The maximum absolute atomic E-state index is 5.92. The van der Waals surface area contributed by atoms with Gasteiger partial charge in [-0.3, -0.25) is 4.98 Å². The minimum Gasteiger partial charge on any atom is -0.405 e. The van der Waals surface area contributed by atoms with Crippen molar-refractivity contribution in [3.05, 3.63) is 130 Å². The first kappa shape index (κ1) is 57.5. The number of nitrogens with two attached hydrogens (primary N) is 5. The Morgan fingerprint density at radius 3 is 1.52 bits per heavy atom. The number of aromatic nitrogens is 7. The lowest BCUT2D eigenvalue weighted by Gasteiger charge is -2.15. The summed E-state index contributed by atoms with van der Waals surface area (Å²) < 4.78 is 3.21. The molecule has 0 saturated carbocycles. The van der Waals surface area contributed by atoms with Crippen LogP contribution in [0.15, 0.2) is 97.7 Å². The highest BCUT2D eigenvalue weighted by Crippen LogP contribution is 2.39. The number of thiophene rings is 3. The molecule has 0 fully saturated rings. The second-order valence-corrected chi connectivity index (χ2v) is 22.8. The van der Waals surface area contributed by atoms with E-state index < -0.39 is 0 Å². The summed E-state index contributed by atoms with van der Waals surface area (Å²) in [5, 5.41) is 10.1. The highest BCUT2D eigenvalue weighted by Gasteiger charge is 2.23. The van der Waals surface area contributed by atoms with Crippen molar-refractivity contribution >= 4 is 93.3 Å². The molecule has 388 valence electrons. The van der Waals surface area contributed by atoms with Crippen LogP contribution in [-0.4, -0.2) is 73.2 Å². The van der Waals surface area contributed by atoms with Gasteiger partial charge < -0.3 is 44.6 Å². The molecule has 13 N–H and O–H groups in total. The number of nitrogens with one attached hydrogen (secondary N) is 3. The minimum absolute atomic E-state index is 0.0347. The van der Waals surface area contributed by atoms with E-state index in [0.717, 1.165) is 64.8 Å². The van der Waals surface area contributed by atoms with Crippen LogP contribution in [0.4, 0.5) is 17.5 Å². The summed E-state index contributed by atoms with van der Waals surface area (Å²) in [7, 11) is 0. The number of hydrogen-bond donors (Lipinski definition) is 8. The van der Waals surface area contributed by atoms with Crippen LogP contribution in [0.2, 0.25) is 0 Å². The topological polar surface area (TPSA) is 256 Å². The van der Waals surface area contributed by atoms with E-state index in [2.05, 4.69) is 93.4 Å². The Hall–Kier alpha value is -6.41. The zero-order valence-corrected chi connectivity index (χ0v) is 46.9. The van der Waals surface area contributed by atoms with Crippen LogP contribution in [-0.2, 0) is 10.8 Å². The van der Waals surface area contributed by atoms with Crippen molar-refractivity contribution in [2.75, 3.05) is 42.1 Å². The molecule has 0 aliphatic heterocycles. The molecule has 0 saturated heterocycles. The summed E-state index contributed by atoms with van der Waals surface area (Å²) >= 11 is 5.18. The fraction of sp³-hybridized carbons (Fsp3) is 0.364. The van der Waals surface area contributed by atoms with Crippen molar-refractivity contribution in [2.45, 2.75) is 106 Å². The number of allylic oxidation sites excluding steroid dienone is 10. The van der Waals surface area contributed by atoms with E-state index in [9.17, 15) is 0 Å². The maximum Gasteiger partial charge on any atom is 0.162 e. The van der Waals surface area contributed by atoms with Gasteiger partial charge in [-0.2, -0.15) is 0 Å². The van der Waals surface area contributed by atoms with Crippen LogP contribution in [0.25, 0.3) is 53.2 Å². The molecule has 7 heterocycles. The average molecular weight is 1040 g/mol. The van der Waals surface area contributed by atoms with Crippen LogP contribution in [0, 0.1) is 13.8 Å². The molecule has 0 aliphatic carbocycles. The highest BCUT2D eigenvalue weighted by atomic mass is 32.1. The Bertz CT molecular complexity index is 2960. The lowest BCUT2D eigenvalue weighted by molar-refractivity contribution is 0.604. The van der Waals surface area contributed by atoms with Gasteiger partial charge in [0.1, 0.15) is 17.5 Å². The van der Waals surface area contributed by atoms with Gasteiger partial charge in [0, 0.05) is 82.0 Å². The summed E-state index contributed by atoms with van der Waals surface area (Å²) in [6, 6.07) is 8.22. The van der Waals surface area contributed by atoms with E-state index in [-0.39, 0.29) is 22.9 Å². The molecule has 2 atom stereocenters. The number of rotatable bonds is 16. The standard InChI is InChI=1S/2C20H29N5S.C15H17N5S/c2*1-6-7-8-14(9-10-21)18-24-15-11-16(20(3,4)5)26-17(15)19(25-18)23-12-13(2)22;1-9-10(2)21-13-12(9)19-14(11-3-6-17-7-4-11)20-15(13)18-8-5-16/h2*6-11,13H,12,21-22H2,1-5H3,(H,23,24,25);3-4,6-7H,5,8,16H2,1-2H3,(H,18,19,20)/b2*7-6+,10-9-,14-8+;/t13-;;/m0../s1. The summed E-state index contributed by atoms with van der Waals surface area (Å²) in [6.45, 7) is 27.9. The zero-order chi connectivity index (χ0) is 53.5. The smallest absolute Gasteiger partial charge is 0.162 e. The molecule has 0 radical (unpaired) electrons. The number of hydrogen-bond acceptors (Lipinski definition) is 18. The molecule has 0 amide bonds. The second kappa shape index (κ2) is 26.5. The SMILES string of the molecule is C/C=C/C=C(\C=C/N)c1nc(NCC(C)N)c2sc(C(C)(C)C)cc2n1.C/C=C/C=C(\C=C/N)c1nc(NC[C@H](C)N)c2sc(C(C)(C)C)cc2n1.Cc1sc2c(NCCN)nc(-c3ccncc3)nc2c1C. The molecule has 0 bridgehead atoms. The number of fused-ring (bicyclic) bond motifs is 3. The van der Waals surface area contributed by atoms with Crippen LogP contribution >= 0.6 is 34.0 Å². The Kier molecular flexibility index (Phi) is 20.9. The van der Waals surface area contributed by atoms with Gasteiger partial charge in [0.2, 0.25) is 0 Å². The summed E-state index contributed by atoms with van der Waals surface area (Å²) in [4.78, 5) is 36.4. The van der Waals surface area contributed by atoms with Crippen molar-refractivity contribution in [1.29, 1.82) is 0 Å². The van der Waals surface area contributed by atoms with Gasteiger partial charge in [-0.25, -0.2) is 29.9 Å². The lowest BCUT2D eigenvalue weighted by Crippen LogP contribution is -2.25. The van der Waals surface area contributed by atoms with E-state index in [0.29, 0.717) is 43.7 Å². The Balaban J connectivity index is 0.000000204. The molecule has 0 aromatic carbocycles. The van der Waals surface area contributed by atoms with E-state index in [1.807, 2.05) is 88.4 Å². The third-order valence-corrected chi connectivity index (χ3v) is 15.1. The largest absolute Gasteiger partial charge is 0.405 e. The Morgan fingerprint density at radius 2 is 1.11 bits per heavy atom. The van der Waals surface area contributed by atoms with Gasteiger partial charge in [0.05, 0.1) is 30.6 Å². The molecule has 73 heavy (non-hydrogen) atoms. The normalized spacial score (nSPS) is 13.6. The highest BCUT2D eigenvalue weighted by molar-refractivity contribution is 7.20. The zero-order valence-electron chi connectivity index (χ0n) is 44.5. The molecule has 15 nitrogen and oxygen atoms in total. The van der Waals surface area contributed by atoms with Crippen molar-refractivity contribution in [3.63, 3.8) is 0 Å².